The zero-order valence-electron chi connectivity index (χ0n) is 6.92. The number of nitrogens with two attached hydrogens (primary N) is 1. The second-order valence-corrected chi connectivity index (χ2v) is 2.52. The van der Waals surface area contributed by atoms with E-state index in [1.165, 1.54) is 0 Å². The second kappa shape index (κ2) is 5.97. The first-order chi connectivity index (χ1) is 6.04. The average Bonchev–Trinajstić information content (AvgIpc) is 2.14. The Bertz CT molecular complexity index is 165. The lowest BCUT2D eigenvalue weighted by atomic mass is 10.1. The van der Waals surface area contributed by atoms with E-state index in [2.05, 4.69) is 0 Å². The molecule has 0 aliphatic rings. The van der Waals surface area contributed by atoms with Gasteiger partial charge in [-0.3, -0.25) is 16.1 Å². The van der Waals surface area contributed by atoms with E-state index in [1.807, 2.05) is 5.43 Å². The lowest BCUT2D eigenvalue weighted by molar-refractivity contribution is -0.142. The number of aliphatic hydroxyl groups excluding tert-OH is 4. The van der Waals surface area contributed by atoms with E-state index in [1.54, 1.807) is 0 Å². The van der Waals surface area contributed by atoms with E-state index in [9.17, 15) is 4.79 Å². The van der Waals surface area contributed by atoms with Gasteiger partial charge in [-0.05, 0) is 0 Å². The van der Waals surface area contributed by atoms with E-state index in [0.717, 1.165) is 0 Å². The SMILES string of the molecule is NNC[C@@H](O)C(=O)[C@H](O)[C@H](O)CO. The molecule has 0 fully saturated rings. The third-order valence-electron chi connectivity index (χ3n) is 1.48. The largest absolute Gasteiger partial charge is 0.394 e. The summed E-state index contributed by atoms with van der Waals surface area (Å²) < 4.78 is 0. The van der Waals surface area contributed by atoms with Gasteiger partial charge in [0, 0.05) is 6.54 Å². The number of rotatable bonds is 6. The lowest BCUT2D eigenvalue weighted by Crippen LogP contribution is -2.46. The summed E-state index contributed by atoms with van der Waals surface area (Å²) in [4.78, 5) is 11.0. The van der Waals surface area contributed by atoms with Crippen LogP contribution in [-0.4, -0.2) is 57.7 Å². The Balaban J connectivity index is 4.08. The fourth-order valence-electron chi connectivity index (χ4n) is 0.699. The van der Waals surface area contributed by atoms with Gasteiger partial charge in [0.15, 0.2) is 5.78 Å². The highest BCUT2D eigenvalue weighted by Crippen LogP contribution is 1.98. The van der Waals surface area contributed by atoms with Crippen LogP contribution in [0, 0.1) is 0 Å². The first-order valence-corrected chi connectivity index (χ1v) is 3.66. The van der Waals surface area contributed by atoms with Gasteiger partial charge in [-0.2, -0.15) is 0 Å². The van der Waals surface area contributed by atoms with Crippen LogP contribution in [0.3, 0.4) is 0 Å². The zero-order valence-corrected chi connectivity index (χ0v) is 6.92. The number of hydrazine groups is 1. The van der Waals surface area contributed by atoms with Crippen LogP contribution in [0.1, 0.15) is 0 Å². The van der Waals surface area contributed by atoms with E-state index >= 15 is 0 Å². The zero-order chi connectivity index (χ0) is 10.4. The van der Waals surface area contributed by atoms with Gasteiger partial charge in [0.05, 0.1) is 6.61 Å². The Labute approximate surface area is 74.8 Å². The van der Waals surface area contributed by atoms with Gasteiger partial charge in [-0.15, -0.1) is 0 Å². The molecule has 0 unspecified atom stereocenters. The molecule has 0 aliphatic carbocycles. The van der Waals surface area contributed by atoms with E-state index < -0.39 is 30.7 Å². The number of aliphatic hydroxyl groups is 4. The number of carbonyl (C=O) groups is 1. The third-order valence-corrected chi connectivity index (χ3v) is 1.48. The topological polar surface area (TPSA) is 136 Å². The fourth-order valence-corrected chi connectivity index (χ4v) is 0.699. The summed E-state index contributed by atoms with van der Waals surface area (Å²) in [5.41, 5.74) is 2.03. The van der Waals surface area contributed by atoms with Crippen LogP contribution in [0.4, 0.5) is 0 Å². The quantitative estimate of drug-likeness (QED) is 0.188. The van der Waals surface area contributed by atoms with Crippen LogP contribution in [0.15, 0.2) is 0 Å². The average molecular weight is 194 g/mol. The van der Waals surface area contributed by atoms with Crippen molar-refractivity contribution in [3.8, 4) is 0 Å². The molecule has 0 aromatic heterocycles. The normalized spacial score (nSPS) is 17.9. The highest BCUT2D eigenvalue weighted by Gasteiger charge is 2.28. The summed E-state index contributed by atoms with van der Waals surface area (Å²) >= 11 is 0. The van der Waals surface area contributed by atoms with Crippen LogP contribution >= 0.6 is 0 Å². The molecule has 0 aromatic carbocycles. The predicted molar refractivity (Wildman–Crippen MR) is 42.3 cm³/mol. The molecule has 0 rings (SSSR count). The van der Waals surface area contributed by atoms with Crippen LogP contribution in [-0.2, 0) is 4.79 Å². The van der Waals surface area contributed by atoms with Crippen molar-refractivity contribution in [2.24, 2.45) is 5.84 Å². The van der Waals surface area contributed by atoms with Crippen LogP contribution in [0.25, 0.3) is 0 Å². The summed E-state index contributed by atoms with van der Waals surface area (Å²) in [6.45, 7) is -0.982. The standard InChI is InChI=1S/C6H14N2O5/c7-8-1-3(10)5(12)6(13)4(11)2-9/h3-4,6,8-11,13H,1-2,7H2/t3-,4-,6-/m1/s1. The molecular weight excluding hydrogens is 180 g/mol. The molecule has 0 saturated heterocycles. The Morgan fingerprint density at radius 3 is 2.31 bits per heavy atom. The second-order valence-electron chi connectivity index (χ2n) is 2.52. The predicted octanol–water partition coefficient (Wildman–Crippen LogP) is -3.91. The van der Waals surface area contributed by atoms with Crippen LogP contribution in [0.5, 0.6) is 0 Å². The van der Waals surface area contributed by atoms with Gasteiger partial charge in [0.2, 0.25) is 0 Å². The molecule has 78 valence electrons. The smallest absolute Gasteiger partial charge is 0.193 e. The van der Waals surface area contributed by atoms with E-state index in [-0.39, 0.29) is 6.54 Å². The van der Waals surface area contributed by atoms with Crippen molar-refractivity contribution in [2.45, 2.75) is 18.3 Å². The van der Waals surface area contributed by atoms with E-state index in [0.29, 0.717) is 0 Å². The summed E-state index contributed by atoms with van der Waals surface area (Å²) in [5, 5.41) is 35.2. The summed E-state index contributed by atoms with van der Waals surface area (Å²) in [6.07, 6.45) is -4.88. The number of carbonyl (C=O) groups excluding carboxylic acids is 1. The Morgan fingerprint density at radius 1 is 1.38 bits per heavy atom. The molecule has 0 aromatic rings. The minimum Gasteiger partial charge on any atom is -0.394 e. The van der Waals surface area contributed by atoms with Crippen molar-refractivity contribution >= 4 is 5.78 Å². The maximum Gasteiger partial charge on any atom is 0.193 e. The number of ketones is 1. The Kier molecular flexibility index (Phi) is 5.71. The van der Waals surface area contributed by atoms with Gasteiger partial charge in [-0.25, -0.2) is 0 Å². The summed E-state index contributed by atoms with van der Waals surface area (Å²) in [6, 6.07) is 0. The van der Waals surface area contributed by atoms with Crippen molar-refractivity contribution in [1.82, 2.24) is 5.43 Å². The van der Waals surface area contributed by atoms with Crippen molar-refractivity contribution in [3.63, 3.8) is 0 Å². The molecule has 7 N–H and O–H groups in total. The molecule has 0 heterocycles. The molecule has 7 nitrogen and oxygen atoms in total. The number of nitrogens with one attached hydrogen (secondary N) is 1. The van der Waals surface area contributed by atoms with Gasteiger partial charge in [0.25, 0.3) is 0 Å². The molecule has 0 bridgehead atoms. The monoisotopic (exact) mass is 194 g/mol. The maximum absolute atomic E-state index is 11.0. The van der Waals surface area contributed by atoms with Crippen molar-refractivity contribution in [1.29, 1.82) is 0 Å². The molecule has 0 spiro atoms. The molecule has 13 heavy (non-hydrogen) atoms. The van der Waals surface area contributed by atoms with Crippen LogP contribution < -0.4 is 11.3 Å². The van der Waals surface area contributed by atoms with Gasteiger partial charge < -0.3 is 20.4 Å². The maximum atomic E-state index is 11.0. The van der Waals surface area contributed by atoms with Gasteiger partial charge in [0.1, 0.15) is 18.3 Å². The molecule has 7 heteroatoms. The van der Waals surface area contributed by atoms with Gasteiger partial charge >= 0.3 is 0 Å². The molecule has 0 radical (unpaired) electrons. The van der Waals surface area contributed by atoms with Gasteiger partial charge in [-0.1, -0.05) is 0 Å². The Hall–Kier alpha value is -0.570. The van der Waals surface area contributed by atoms with Crippen molar-refractivity contribution in [2.75, 3.05) is 13.2 Å². The first kappa shape index (κ1) is 12.4. The molecule has 0 aliphatic heterocycles. The third kappa shape index (κ3) is 3.77. The minimum atomic E-state index is -1.80. The van der Waals surface area contributed by atoms with Crippen LogP contribution in [0.2, 0.25) is 0 Å². The molecule has 0 amide bonds. The summed E-state index contributed by atoms with van der Waals surface area (Å²) in [5.74, 6) is 3.83. The summed E-state index contributed by atoms with van der Waals surface area (Å²) in [7, 11) is 0. The number of hydrogen-bond donors (Lipinski definition) is 6. The molecular formula is C6H14N2O5. The van der Waals surface area contributed by atoms with Crippen molar-refractivity contribution in [3.05, 3.63) is 0 Å². The Morgan fingerprint density at radius 2 is 1.92 bits per heavy atom. The fraction of sp³-hybridized carbons (Fsp3) is 0.833. The first-order valence-electron chi connectivity index (χ1n) is 3.66. The number of hydrogen-bond acceptors (Lipinski definition) is 7. The molecule has 0 saturated carbocycles. The van der Waals surface area contributed by atoms with Crippen molar-refractivity contribution < 1.29 is 25.2 Å². The number of Topliss-reactive ketones (excluding diaryl/α,β-unsaturated/α-hetero) is 1. The lowest BCUT2D eigenvalue weighted by Gasteiger charge is -2.17. The van der Waals surface area contributed by atoms with E-state index in [4.69, 9.17) is 26.3 Å². The highest BCUT2D eigenvalue weighted by molar-refractivity contribution is 5.87. The highest BCUT2D eigenvalue weighted by atomic mass is 16.4. The molecule has 3 atom stereocenters. The minimum absolute atomic E-state index is 0.228.